The van der Waals surface area contributed by atoms with Gasteiger partial charge in [-0.3, -0.25) is 0 Å². The minimum absolute atomic E-state index is 0.343. The summed E-state index contributed by atoms with van der Waals surface area (Å²) in [6, 6.07) is 26.7. The van der Waals surface area contributed by atoms with Crippen LogP contribution in [0.15, 0.2) is 131 Å². The summed E-state index contributed by atoms with van der Waals surface area (Å²) in [6.45, 7) is 1.97. The number of rotatable bonds is 3. The molecular weight excluding hydrogens is 686 g/mol. The SMILES string of the molecule is CC12C=CC(c3cccc(C(F)(F)F)c3)=CC1C(=NC#N)c1c2cc2c(c1-c1ccccc1)-c1ccc(-c3cccc(C(F)(F)F)c3)cc1C2=NC#N. The molecule has 0 saturated heterocycles. The number of hydrogen-bond acceptors (Lipinski definition) is 4. The van der Waals surface area contributed by atoms with Gasteiger partial charge in [-0.15, -0.1) is 0 Å². The van der Waals surface area contributed by atoms with Gasteiger partial charge in [0.05, 0.1) is 22.6 Å². The highest BCUT2D eigenvalue weighted by molar-refractivity contribution is 6.29. The van der Waals surface area contributed by atoms with Gasteiger partial charge in [0.15, 0.2) is 0 Å². The molecule has 5 aromatic rings. The summed E-state index contributed by atoms with van der Waals surface area (Å²) in [5, 5.41) is 20.0. The van der Waals surface area contributed by atoms with Gasteiger partial charge in [-0.25, -0.2) is 0 Å². The third-order valence-corrected chi connectivity index (χ3v) is 10.3. The van der Waals surface area contributed by atoms with Crippen LogP contribution in [0.3, 0.4) is 0 Å². The molecule has 258 valence electrons. The fourth-order valence-electron chi connectivity index (χ4n) is 7.86. The van der Waals surface area contributed by atoms with Gasteiger partial charge in [0.2, 0.25) is 12.4 Å². The number of halogens is 6. The maximum absolute atomic E-state index is 13.7. The second-order valence-corrected chi connectivity index (χ2v) is 13.3. The fourth-order valence-corrected chi connectivity index (χ4v) is 7.86. The first-order valence-corrected chi connectivity index (χ1v) is 16.5. The van der Waals surface area contributed by atoms with Gasteiger partial charge in [0, 0.05) is 33.6 Å². The molecule has 3 aliphatic rings. The Balaban J connectivity index is 1.37. The quantitative estimate of drug-likeness (QED) is 0.135. The molecule has 0 bridgehead atoms. The van der Waals surface area contributed by atoms with E-state index in [4.69, 9.17) is 0 Å². The summed E-state index contributed by atoms with van der Waals surface area (Å²) in [7, 11) is 0. The van der Waals surface area contributed by atoms with Crippen LogP contribution in [-0.2, 0) is 17.8 Å². The number of nitrogens with zero attached hydrogens (tertiary/aromatic N) is 4. The van der Waals surface area contributed by atoms with E-state index < -0.39 is 34.8 Å². The van der Waals surface area contributed by atoms with Crippen LogP contribution >= 0.6 is 0 Å². The summed E-state index contributed by atoms with van der Waals surface area (Å²) in [5.41, 5.74) is 5.72. The molecule has 0 N–H and O–H groups in total. The van der Waals surface area contributed by atoms with Crippen molar-refractivity contribution in [2.75, 3.05) is 0 Å². The Kier molecular flexibility index (Phi) is 7.63. The number of hydrogen-bond donors (Lipinski definition) is 0. The van der Waals surface area contributed by atoms with Gasteiger partial charge in [-0.2, -0.15) is 46.9 Å². The van der Waals surface area contributed by atoms with Crippen LogP contribution in [0.2, 0.25) is 0 Å². The van der Waals surface area contributed by atoms with E-state index in [2.05, 4.69) is 9.98 Å². The van der Waals surface area contributed by atoms with Crippen molar-refractivity contribution in [3.63, 3.8) is 0 Å². The van der Waals surface area contributed by atoms with Gasteiger partial charge in [-0.1, -0.05) is 91.9 Å². The van der Waals surface area contributed by atoms with Crippen LogP contribution in [0.25, 0.3) is 39.0 Å². The molecule has 0 spiro atoms. The van der Waals surface area contributed by atoms with E-state index in [0.717, 1.165) is 41.0 Å². The average Bonchev–Trinajstić information content (AvgIpc) is 3.58. The topological polar surface area (TPSA) is 72.3 Å². The number of benzene rings is 5. The normalized spacial score (nSPS) is 19.9. The minimum Gasteiger partial charge on any atom is -0.177 e. The van der Waals surface area contributed by atoms with E-state index in [1.807, 2.05) is 67.9 Å². The maximum atomic E-state index is 13.7. The van der Waals surface area contributed by atoms with Crippen molar-refractivity contribution in [3.05, 3.63) is 160 Å². The van der Waals surface area contributed by atoms with Gasteiger partial charge >= 0.3 is 12.4 Å². The van der Waals surface area contributed by atoms with Crippen LogP contribution in [-0.4, -0.2) is 11.4 Å². The fraction of sp³-hybridized carbons (Fsp3) is 0.116. The third-order valence-electron chi connectivity index (χ3n) is 10.3. The highest BCUT2D eigenvalue weighted by atomic mass is 19.4. The Morgan fingerprint density at radius 1 is 0.604 bits per heavy atom. The monoisotopic (exact) mass is 710 g/mol. The number of nitriles is 2. The summed E-state index contributed by atoms with van der Waals surface area (Å²) in [5.74, 6) is -0.546. The van der Waals surface area contributed by atoms with Crippen molar-refractivity contribution in [3.8, 4) is 45.8 Å². The van der Waals surface area contributed by atoms with Crippen molar-refractivity contribution >= 4 is 17.0 Å². The summed E-state index contributed by atoms with van der Waals surface area (Å²) < 4.78 is 81.9. The lowest BCUT2D eigenvalue weighted by Crippen LogP contribution is -2.29. The second kappa shape index (κ2) is 12.0. The molecule has 8 rings (SSSR count). The van der Waals surface area contributed by atoms with Crippen molar-refractivity contribution in [1.82, 2.24) is 0 Å². The molecule has 5 aromatic carbocycles. The molecule has 53 heavy (non-hydrogen) atoms. The first kappa shape index (κ1) is 33.6. The number of alkyl halides is 6. The number of allylic oxidation sites excluding steroid dienone is 4. The molecule has 0 fully saturated rings. The highest BCUT2D eigenvalue weighted by Gasteiger charge is 2.49. The van der Waals surface area contributed by atoms with Gasteiger partial charge < -0.3 is 0 Å². The van der Waals surface area contributed by atoms with E-state index in [1.165, 1.54) is 12.1 Å². The molecular formula is C43H24F6N4. The zero-order valence-electron chi connectivity index (χ0n) is 27.7. The largest absolute Gasteiger partial charge is 0.416 e. The smallest absolute Gasteiger partial charge is 0.177 e. The summed E-state index contributed by atoms with van der Waals surface area (Å²) in [4.78, 5) is 8.63. The first-order valence-electron chi connectivity index (χ1n) is 16.5. The first-order chi connectivity index (χ1) is 25.3. The minimum atomic E-state index is -4.53. The zero-order valence-corrected chi connectivity index (χ0v) is 27.7. The van der Waals surface area contributed by atoms with Crippen molar-refractivity contribution in [1.29, 1.82) is 10.5 Å². The lowest BCUT2D eigenvalue weighted by atomic mass is 9.71. The van der Waals surface area contributed by atoms with Gasteiger partial charge in [0.25, 0.3) is 0 Å². The zero-order chi connectivity index (χ0) is 37.3. The summed E-state index contributed by atoms with van der Waals surface area (Å²) in [6.07, 6.45) is 0.356. The van der Waals surface area contributed by atoms with Crippen molar-refractivity contribution in [2.45, 2.75) is 24.7 Å². The number of aliphatic imine (C=N–C) groups is 2. The van der Waals surface area contributed by atoms with Crippen LogP contribution in [0.5, 0.6) is 0 Å². The molecule has 0 saturated carbocycles. The van der Waals surface area contributed by atoms with Crippen molar-refractivity contribution in [2.24, 2.45) is 15.9 Å². The maximum Gasteiger partial charge on any atom is 0.416 e. The Hall–Kier alpha value is -6.52. The Bertz CT molecular complexity index is 2580. The van der Waals surface area contributed by atoms with E-state index >= 15 is 0 Å². The molecule has 10 heteroatoms. The van der Waals surface area contributed by atoms with Crippen LogP contribution < -0.4 is 0 Å². The van der Waals surface area contributed by atoms with E-state index in [0.29, 0.717) is 61.5 Å². The molecule has 0 amide bonds. The van der Waals surface area contributed by atoms with Gasteiger partial charge in [-0.05, 0) is 80.9 Å². The standard InChI is InChI=1S/C43H24F6N4/c1-41-16-15-28(26-10-6-12-30(18-26)43(47,48)49)20-35(41)40(53-23-51)38-34(41)21-33-37(36(38)24-7-3-2-4-8-24)31-14-13-27(19-32(31)39(33)52-22-50)25-9-5-11-29(17-25)42(44,45)46/h2-21,35H,1H3. The lowest BCUT2D eigenvalue weighted by Gasteiger charge is -2.31. The van der Waals surface area contributed by atoms with Gasteiger partial charge in [0.1, 0.15) is 0 Å². The third kappa shape index (κ3) is 5.37. The molecule has 0 heterocycles. The Labute approximate surface area is 300 Å². The molecule has 3 aliphatic carbocycles. The summed E-state index contributed by atoms with van der Waals surface area (Å²) >= 11 is 0. The molecule has 4 nitrogen and oxygen atoms in total. The van der Waals surface area contributed by atoms with Crippen molar-refractivity contribution < 1.29 is 26.3 Å². The van der Waals surface area contributed by atoms with Crippen LogP contribution in [0.4, 0.5) is 26.3 Å². The van der Waals surface area contributed by atoms with E-state index in [-0.39, 0.29) is 0 Å². The predicted octanol–water partition coefficient (Wildman–Crippen LogP) is 11.2. The van der Waals surface area contributed by atoms with E-state index in [1.54, 1.807) is 36.4 Å². The molecule has 0 aliphatic heterocycles. The molecule has 0 aromatic heterocycles. The average molecular weight is 711 g/mol. The lowest BCUT2D eigenvalue weighted by molar-refractivity contribution is -0.138. The second-order valence-electron chi connectivity index (χ2n) is 13.3. The molecule has 0 radical (unpaired) electrons. The Morgan fingerprint density at radius 3 is 1.89 bits per heavy atom. The van der Waals surface area contributed by atoms with Crippen LogP contribution in [0.1, 0.15) is 45.9 Å². The number of fused-ring (bicyclic) bond motifs is 6. The van der Waals surface area contributed by atoms with Crippen LogP contribution in [0, 0.1) is 28.8 Å². The predicted molar refractivity (Wildman–Crippen MR) is 191 cm³/mol. The Morgan fingerprint density at radius 2 is 1.23 bits per heavy atom. The molecule has 2 unspecified atom stereocenters. The molecule has 2 atom stereocenters. The van der Waals surface area contributed by atoms with E-state index in [9.17, 15) is 36.9 Å². The highest BCUT2D eigenvalue weighted by Crippen LogP contribution is 2.56.